The van der Waals surface area contributed by atoms with Crippen molar-refractivity contribution >= 4 is 5.78 Å². The second-order valence-corrected chi connectivity index (χ2v) is 9.89. The minimum Gasteiger partial charge on any atom is -0.362 e. The number of azo groups is 1. The highest BCUT2D eigenvalue weighted by atomic mass is 16.1. The third-order valence-electron chi connectivity index (χ3n) is 7.18. The first-order chi connectivity index (χ1) is 15.4. The molecule has 164 valence electrons. The summed E-state index contributed by atoms with van der Waals surface area (Å²) < 4.78 is 0. The fourth-order valence-electron chi connectivity index (χ4n) is 5.71. The van der Waals surface area contributed by atoms with E-state index < -0.39 is 5.41 Å². The first-order valence-electron chi connectivity index (χ1n) is 11.6. The van der Waals surface area contributed by atoms with Gasteiger partial charge in [-0.1, -0.05) is 45.9 Å². The predicted molar refractivity (Wildman–Crippen MR) is 126 cm³/mol. The highest BCUT2D eigenvalue weighted by Crippen LogP contribution is 2.53. The molecule has 0 radical (unpaired) electrons. The summed E-state index contributed by atoms with van der Waals surface area (Å²) in [5, 5.41) is 12.3. The second kappa shape index (κ2) is 7.51. The number of aromatic nitrogens is 1. The van der Waals surface area contributed by atoms with Gasteiger partial charge in [0.05, 0.1) is 11.6 Å². The van der Waals surface area contributed by atoms with E-state index in [1.54, 1.807) is 0 Å². The SMILES string of the molecule is CCc1cc(-c2cccc(C3(CC)C4=CN=NC4NC4=C3C(=O)CC(C)(C)C4)c2)ccn1. The molecule has 5 heteroatoms. The minimum absolute atomic E-state index is 0.0607. The van der Waals surface area contributed by atoms with E-state index in [4.69, 9.17) is 0 Å². The smallest absolute Gasteiger partial charge is 0.164 e. The third-order valence-corrected chi connectivity index (χ3v) is 7.18. The predicted octanol–water partition coefficient (Wildman–Crippen LogP) is 5.88. The lowest BCUT2D eigenvalue weighted by atomic mass is 9.58. The van der Waals surface area contributed by atoms with E-state index in [1.807, 2.05) is 12.4 Å². The molecular weight excluding hydrogens is 396 g/mol. The molecule has 0 fully saturated rings. The number of carbonyl (C=O) groups excluding carboxylic acids is 1. The number of aryl methyl sites for hydroxylation is 1. The van der Waals surface area contributed by atoms with Crippen LogP contribution in [-0.2, 0) is 16.6 Å². The van der Waals surface area contributed by atoms with Crippen LogP contribution in [0.25, 0.3) is 11.1 Å². The normalized spacial score (nSPS) is 25.8. The number of rotatable bonds is 4. The maximum absolute atomic E-state index is 13.6. The van der Waals surface area contributed by atoms with Crippen LogP contribution in [0.15, 0.2) is 75.9 Å². The average Bonchev–Trinajstić information content (AvgIpc) is 3.25. The molecule has 5 rings (SSSR count). The van der Waals surface area contributed by atoms with Crippen LogP contribution in [0, 0.1) is 5.41 Å². The van der Waals surface area contributed by atoms with Gasteiger partial charge >= 0.3 is 0 Å². The highest BCUT2D eigenvalue weighted by Gasteiger charge is 2.52. The number of benzene rings is 1. The number of pyridine rings is 1. The van der Waals surface area contributed by atoms with Gasteiger partial charge in [0.1, 0.15) is 0 Å². The molecule has 1 aliphatic carbocycles. The van der Waals surface area contributed by atoms with Crippen molar-refractivity contribution in [3.05, 3.63) is 76.9 Å². The number of ketones is 1. The number of nitrogens with zero attached hydrogens (tertiary/aromatic N) is 3. The van der Waals surface area contributed by atoms with Gasteiger partial charge in [0.25, 0.3) is 0 Å². The summed E-state index contributed by atoms with van der Waals surface area (Å²) in [5.74, 6) is 0.236. The van der Waals surface area contributed by atoms with Crippen molar-refractivity contribution in [2.24, 2.45) is 15.6 Å². The van der Waals surface area contributed by atoms with Crippen molar-refractivity contribution in [1.82, 2.24) is 10.3 Å². The Bertz CT molecular complexity index is 1190. The molecule has 1 N–H and O–H groups in total. The van der Waals surface area contributed by atoms with Gasteiger partial charge in [-0.15, -0.1) is 0 Å². The Kier molecular flexibility index (Phi) is 4.88. The molecule has 0 saturated carbocycles. The van der Waals surface area contributed by atoms with Gasteiger partial charge in [-0.05, 0) is 59.6 Å². The second-order valence-electron chi connectivity index (χ2n) is 9.89. The Balaban J connectivity index is 1.71. The Hall–Kier alpha value is -3.08. The van der Waals surface area contributed by atoms with Crippen LogP contribution in [0.1, 0.15) is 58.2 Å². The lowest BCUT2D eigenvalue weighted by Crippen LogP contribution is -2.51. The molecule has 0 spiro atoms. The highest BCUT2D eigenvalue weighted by molar-refractivity contribution is 6.01. The first-order valence-corrected chi connectivity index (χ1v) is 11.6. The van der Waals surface area contributed by atoms with Gasteiger partial charge < -0.3 is 5.32 Å². The van der Waals surface area contributed by atoms with E-state index in [-0.39, 0.29) is 17.4 Å². The van der Waals surface area contributed by atoms with Crippen LogP contribution in [0.4, 0.5) is 0 Å². The van der Waals surface area contributed by atoms with Crippen molar-refractivity contribution in [3.63, 3.8) is 0 Å². The number of allylic oxidation sites excluding steroid dienone is 2. The number of hydrogen-bond acceptors (Lipinski definition) is 5. The fraction of sp³-hybridized carbons (Fsp3) is 0.407. The van der Waals surface area contributed by atoms with Gasteiger partial charge in [0.2, 0.25) is 0 Å². The Labute approximate surface area is 189 Å². The first kappa shape index (κ1) is 20.8. The maximum atomic E-state index is 13.6. The molecule has 5 nitrogen and oxygen atoms in total. The molecule has 2 aliphatic heterocycles. The Morgan fingerprint density at radius 2 is 1.91 bits per heavy atom. The summed E-state index contributed by atoms with van der Waals surface area (Å²) in [6.07, 6.45) is 6.63. The van der Waals surface area contributed by atoms with Gasteiger partial charge in [0, 0.05) is 35.2 Å². The minimum atomic E-state index is -0.515. The summed E-state index contributed by atoms with van der Waals surface area (Å²) in [4.78, 5) is 18.1. The number of carbonyl (C=O) groups is 1. The molecule has 2 atom stereocenters. The molecule has 0 amide bonds. The summed E-state index contributed by atoms with van der Waals surface area (Å²) in [6.45, 7) is 8.63. The van der Waals surface area contributed by atoms with Gasteiger partial charge in [-0.2, -0.15) is 10.2 Å². The molecule has 0 bridgehead atoms. The van der Waals surface area contributed by atoms with Crippen molar-refractivity contribution in [2.45, 2.75) is 65.0 Å². The molecule has 0 saturated heterocycles. The molecule has 2 unspecified atom stereocenters. The van der Waals surface area contributed by atoms with Crippen LogP contribution < -0.4 is 5.32 Å². The Morgan fingerprint density at radius 1 is 1.09 bits per heavy atom. The zero-order valence-corrected chi connectivity index (χ0v) is 19.3. The van der Waals surface area contributed by atoms with Crippen molar-refractivity contribution in [2.75, 3.05) is 0 Å². The van der Waals surface area contributed by atoms with E-state index >= 15 is 0 Å². The molecule has 32 heavy (non-hydrogen) atoms. The lowest BCUT2D eigenvalue weighted by molar-refractivity contribution is -0.119. The summed E-state index contributed by atoms with van der Waals surface area (Å²) in [7, 11) is 0. The van der Waals surface area contributed by atoms with Crippen LogP contribution in [-0.4, -0.2) is 16.9 Å². The van der Waals surface area contributed by atoms with Gasteiger partial charge in [0.15, 0.2) is 11.9 Å². The molecular formula is C27H30N4O. The zero-order chi connectivity index (χ0) is 22.5. The third kappa shape index (κ3) is 3.14. The summed E-state index contributed by atoms with van der Waals surface area (Å²) in [5.41, 5.74) is 6.95. The van der Waals surface area contributed by atoms with E-state index in [0.717, 1.165) is 58.5 Å². The quantitative estimate of drug-likeness (QED) is 0.664. The zero-order valence-electron chi connectivity index (χ0n) is 19.3. The summed E-state index contributed by atoms with van der Waals surface area (Å²) >= 11 is 0. The standard InChI is InChI=1S/C27H30N4O/c1-5-20-13-18(10-11-28-20)17-8-7-9-19(12-17)27(6-2)21-16-29-31-25(21)30-22-14-26(3,4)15-23(32)24(22)27/h7-13,16,25,30H,5-6,14-15H2,1-4H3. The van der Waals surface area contributed by atoms with E-state index in [9.17, 15) is 4.79 Å². The lowest BCUT2D eigenvalue weighted by Gasteiger charge is -2.47. The molecule has 2 aromatic rings. The molecule has 1 aromatic heterocycles. The summed E-state index contributed by atoms with van der Waals surface area (Å²) in [6, 6.07) is 12.9. The largest absolute Gasteiger partial charge is 0.362 e. The van der Waals surface area contributed by atoms with Crippen LogP contribution in [0.2, 0.25) is 0 Å². The topological polar surface area (TPSA) is 66.7 Å². The fourth-order valence-corrected chi connectivity index (χ4v) is 5.71. The number of hydrogen-bond donors (Lipinski definition) is 1. The van der Waals surface area contributed by atoms with Crippen molar-refractivity contribution < 1.29 is 4.79 Å². The monoisotopic (exact) mass is 426 g/mol. The van der Waals surface area contributed by atoms with Gasteiger partial charge in [-0.25, -0.2) is 0 Å². The maximum Gasteiger partial charge on any atom is 0.164 e. The van der Waals surface area contributed by atoms with Crippen molar-refractivity contribution in [1.29, 1.82) is 0 Å². The van der Waals surface area contributed by atoms with Gasteiger partial charge in [-0.3, -0.25) is 9.78 Å². The number of fused-ring (bicyclic) bond motifs is 1. The van der Waals surface area contributed by atoms with Crippen molar-refractivity contribution in [3.8, 4) is 11.1 Å². The Morgan fingerprint density at radius 3 is 2.69 bits per heavy atom. The number of Topliss-reactive ketones (excluding diaryl/α,β-unsaturated/α-hetero) is 1. The van der Waals surface area contributed by atoms with Crippen LogP contribution in [0.3, 0.4) is 0 Å². The molecule has 1 aromatic carbocycles. The van der Waals surface area contributed by atoms with E-state index in [0.29, 0.717) is 6.42 Å². The van der Waals surface area contributed by atoms with E-state index in [1.165, 1.54) is 0 Å². The van der Waals surface area contributed by atoms with E-state index in [2.05, 4.69) is 84.6 Å². The molecule has 3 aliphatic rings. The van der Waals surface area contributed by atoms with Crippen LogP contribution in [0.5, 0.6) is 0 Å². The average molecular weight is 427 g/mol. The molecule has 3 heterocycles. The number of nitrogens with one attached hydrogen (secondary N) is 1. The van der Waals surface area contributed by atoms with Crippen LogP contribution >= 0.6 is 0 Å².